The Morgan fingerprint density at radius 1 is 1.25 bits per heavy atom. The summed E-state index contributed by atoms with van der Waals surface area (Å²) in [5, 5.41) is 3.98. The first-order chi connectivity index (χ1) is 9.56. The van der Waals surface area contributed by atoms with Crippen LogP contribution in [0, 0.1) is 6.92 Å². The lowest BCUT2D eigenvalue weighted by atomic mass is 10.1. The molecular weight excluding hydrogens is 250 g/mol. The lowest BCUT2D eigenvalue weighted by Crippen LogP contribution is -2.17. The minimum absolute atomic E-state index is 0.204. The van der Waals surface area contributed by atoms with Crippen molar-refractivity contribution >= 4 is 12.1 Å². The van der Waals surface area contributed by atoms with Crippen LogP contribution in [-0.4, -0.2) is 16.7 Å². The SMILES string of the molecule is Cc1ccc(C(=O)N/N=C\c2ccn(C(C)C)c2)cc1. The second-order valence-corrected chi connectivity index (χ2v) is 5.05. The molecule has 2 aromatic rings. The second kappa shape index (κ2) is 6.19. The van der Waals surface area contributed by atoms with Crippen molar-refractivity contribution in [3.05, 3.63) is 59.4 Å². The van der Waals surface area contributed by atoms with E-state index in [1.165, 1.54) is 0 Å². The fourth-order valence-corrected chi connectivity index (χ4v) is 1.76. The zero-order valence-corrected chi connectivity index (χ0v) is 12.0. The van der Waals surface area contributed by atoms with E-state index >= 15 is 0 Å². The first-order valence-electron chi connectivity index (χ1n) is 6.64. The number of carbonyl (C=O) groups excluding carboxylic acids is 1. The van der Waals surface area contributed by atoms with E-state index in [-0.39, 0.29) is 5.91 Å². The molecule has 0 saturated heterocycles. The van der Waals surface area contributed by atoms with Crippen LogP contribution in [0.15, 0.2) is 47.8 Å². The number of benzene rings is 1. The van der Waals surface area contributed by atoms with Crippen LogP contribution < -0.4 is 5.43 Å². The highest BCUT2D eigenvalue weighted by Crippen LogP contribution is 2.07. The van der Waals surface area contributed by atoms with Crippen molar-refractivity contribution in [2.45, 2.75) is 26.8 Å². The smallest absolute Gasteiger partial charge is 0.271 e. The zero-order valence-electron chi connectivity index (χ0n) is 12.0. The molecule has 20 heavy (non-hydrogen) atoms. The van der Waals surface area contributed by atoms with E-state index in [2.05, 4.69) is 28.9 Å². The third-order valence-electron chi connectivity index (χ3n) is 3.03. The van der Waals surface area contributed by atoms with E-state index in [1.807, 2.05) is 37.5 Å². The molecule has 4 nitrogen and oxygen atoms in total. The van der Waals surface area contributed by atoms with Gasteiger partial charge in [-0.15, -0.1) is 0 Å². The van der Waals surface area contributed by atoms with Crippen LogP contribution >= 0.6 is 0 Å². The molecule has 0 bridgehead atoms. The zero-order chi connectivity index (χ0) is 14.5. The quantitative estimate of drug-likeness (QED) is 0.672. The largest absolute Gasteiger partial charge is 0.351 e. The van der Waals surface area contributed by atoms with E-state index in [4.69, 9.17) is 0 Å². The maximum atomic E-state index is 11.8. The minimum Gasteiger partial charge on any atom is -0.351 e. The van der Waals surface area contributed by atoms with E-state index in [9.17, 15) is 4.79 Å². The van der Waals surface area contributed by atoms with Crippen LogP contribution in [0.2, 0.25) is 0 Å². The number of nitrogens with zero attached hydrogens (tertiary/aromatic N) is 2. The molecule has 0 radical (unpaired) electrons. The van der Waals surface area contributed by atoms with Gasteiger partial charge in [-0.2, -0.15) is 5.10 Å². The van der Waals surface area contributed by atoms with E-state index < -0.39 is 0 Å². The molecule has 4 heteroatoms. The predicted octanol–water partition coefficient (Wildman–Crippen LogP) is 3.14. The molecule has 1 aromatic heterocycles. The Morgan fingerprint density at radius 3 is 2.55 bits per heavy atom. The molecule has 2 rings (SSSR count). The number of carbonyl (C=O) groups is 1. The van der Waals surface area contributed by atoms with Gasteiger partial charge in [0, 0.05) is 29.6 Å². The third kappa shape index (κ3) is 3.57. The Bertz CT molecular complexity index is 609. The van der Waals surface area contributed by atoms with Gasteiger partial charge in [-0.05, 0) is 39.0 Å². The van der Waals surface area contributed by atoms with Gasteiger partial charge < -0.3 is 4.57 Å². The Balaban J connectivity index is 1.95. The minimum atomic E-state index is -0.204. The molecule has 1 N–H and O–H groups in total. The van der Waals surface area contributed by atoms with Crippen molar-refractivity contribution in [2.75, 3.05) is 0 Å². The number of nitrogens with one attached hydrogen (secondary N) is 1. The highest BCUT2D eigenvalue weighted by molar-refractivity contribution is 5.94. The molecule has 0 aliphatic rings. The van der Waals surface area contributed by atoms with Crippen molar-refractivity contribution in [3.8, 4) is 0 Å². The highest BCUT2D eigenvalue weighted by atomic mass is 16.2. The summed E-state index contributed by atoms with van der Waals surface area (Å²) in [6.45, 7) is 6.21. The van der Waals surface area contributed by atoms with Crippen LogP contribution in [0.1, 0.15) is 41.4 Å². The van der Waals surface area contributed by atoms with E-state index in [1.54, 1.807) is 18.3 Å². The fourth-order valence-electron chi connectivity index (χ4n) is 1.76. The number of amides is 1. The molecule has 0 atom stereocenters. The van der Waals surface area contributed by atoms with Gasteiger partial charge in [0.05, 0.1) is 6.21 Å². The lowest BCUT2D eigenvalue weighted by molar-refractivity contribution is 0.0955. The maximum absolute atomic E-state index is 11.8. The topological polar surface area (TPSA) is 46.4 Å². The molecule has 0 fully saturated rings. The van der Waals surface area contributed by atoms with Gasteiger partial charge in [0.15, 0.2) is 0 Å². The summed E-state index contributed by atoms with van der Waals surface area (Å²) < 4.78 is 2.09. The maximum Gasteiger partial charge on any atom is 0.271 e. The number of aryl methyl sites for hydroxylation is 1. The predicted molar refractivity (Wildman–Crippen MR) is 81.1 cm³/mol. The molecule has 0 spiro atoms. The van der Waals surface area contributed by atoms with Gasteiger partial charge in [-0.3, -0.25) is 4.79 Å². The normalized spacial score (nSPS) is 11.2. The van der Waals surface area contributed by atoms with Crippen molar-refractivity contribution in [1.29, 1.82) is 0 Å². The van der Waals surface area contributed by atoms with Gasteiger partial charge in [-0.25, -0.2) is 5.43 Å². The number of aromatic nitrogens is 1. The Kier molecular flexibility index (Phi) is 4.35. The molecular formula is C16H19N3O. The Labute approximate surface area is 119 Å². The summed E-state index contributed by atoms with van der Waals surface area (Å²) in [4.78, 5) is 11.8. The van der Waals surface area contributed by atoms with Crippen LogP contribution in [0.3, 0.4) is 0 Å². The van der Waals surface area contributed by atoms with Crippen LogP contribution in [-0.2, 0) is 0 Å². The molecule has 0 aliphatic carbocycles. The molecule has 0 aliphatic heterocycles. The Morgan fingerprint density at radius 2 is 1.95 bits per heavy atom. The van der Waals surface area contributed by atoms with E-state index in [0.29, 0.717) is 11.6 Å². The number of hydrogen-bond acceptors (Lipinski definition) is 2. The summed E-state index contributed by atoms with van der Waals surface area (Å²) in [6, 6.07) is 9.76. The van der Waals surface area contributed by atoms with Crippen LogP contribution in [0.5, 0.6) is 0 Å². The van der Waals surface area contributed by atoms with Crippen molar-refractivity contribution in [2.24, 2.45) is 5.10 Å². The van der Waals surface area contributed by atoms with Crippen LogP contribution in [0.4, 0.5) is 0 Å². The van der Waals surface area contributed by atoms with Crippen molar-refractivity contribution in [1.82, 2.24) is 9.99 Å². The monoisotopic (exact) mass is 269 g/mol. The van der Waals surface area contributed by atoms with E-state index in [0.717, 1.165) is 11.1 Å². The number of hydrazone groups is 1. The van der Waals surface area contributed by atoms with Gasteiger partial charge in [0.25, 0.3) is 5.91 Å². The van der Waals surface area contributed by atoms with Gasteiger partial charge in [-0.1, -0.05) is 17.7 Å². The summed E-state index contributed by atoms with van der Waals surface area (Å²) in [5.41, 5.74) is 5.22. The molecule has 0 saturated carbocycles. The summed E-state index contributed by atoms with van der Waals surface area (Å²) >= 11 is 0. The van der Waals surface area contributed by atoms with Gasteiger partial charge in [0.2, 0.25) is 0 Å². The first-order valence-corrected chi connectivity index (χ1v) is 6.64. The second-order valence-electron chi connectivity index (χ2n) is 5.05. The number of hydrogen-bond donors (Lipinski definition) is 1. The van der Waals surface area contributed by atoms with Crippen molar-refractivity contribution in [3.63, 3.8) is 0 Å². The molecule has 0 unspecified atom stereocenters. The summed E-state index contributed by atoms with van der Waals surface area (Å²) in [5.74, 6) is -0.204. The summed E-state index contributed by atoms with van der Waals surface area (Å²) in [7, 11) is 0. The Hall–Kier alpha value is -2.36. The molecule has 104 valence electrons. The number of rotatable bonds is 4. The van der Waals surface area contributed by atoms with Gasteiger partial charge >= 0.3 is 0 Å². The lowest BCUT2D eigenvalue weighted by Gasteiger charge is -2.04. The average Bonchev–Trinajstić information content (AvgIpc) is 2.88. The highest BCUT2D eigenvalue weighted by Gasteiger charge is 2.03. The fraction of sp³-hybridized carbons (Fsp3) is 0.250. The molecule has 1 aromatic carbocycles. The average molecular weight is 269 g/mol. The van der Waals surface area contributed by atoms with Crippen molar-refractivity contribution < 1.29 is 4.79 Å². The summed E-state index contributed by atoms with van der Waals surface area (Å²) in [6.07, 6.45) is 5.63. The standard InChI is InChI=1S/C16H19N3O/c1-12(2)19-9-8-14(11-19)10-17-18-16(20)15-6-4-13(3)5-7-15/h4-12H,1-3H3,(H,18,20)/b17-10-. The molecule has 1 heterocycles. The van der Waals surface area contributed by atoms with Crippen LogP contribution in [0.25, 0.3) is 0 Å². The first kappa shape index (κ1) is 14.1. The molecule has 1 amide bonds. The van der Waals surface area contributed by atoms with Gasteiger partial charge in [0.1, 0.15) is 0 Å². The third-order valence-corrected chi connectivity index (χ3v) is 3.03.